The number of rotatable bonds is 8. The van der Waals surface area contributed by atoms with Crippen molar-refractivity contribution in [2.75, 3.05) is 19.1 Å². The number of benzene rings is 2. The van der Waals surface area contributed by atoms with Gasteiger partial charge in [0.2, 0.25) is 0 Å². The lowest BCUT2D eigenvalue weighted by molar-refractivity contribution is 0.0948. The summed E-state index contributed by atoms with van der Waals surface area (Å²) in [5, 5.41) is 7.81. The highest BCUT2D eigenvalue weighted by molar-refractivity contribution is 5.97. The summed E-state index contributed by atoms with van der Waals surface area (Å²) in [6.45, 7) is 1.10. The van der Waals surface area contributed by atoms with Gasteiger partial charge in [-0.15, -0.1) is 5.10 Å². The third-order valence-corrected chi connectivity index (χ3v) is 4.45. The van der Waals surface area contributed by atoms with Crippen molar-refractivity contribution in [1.29, 1.82) is 0 Å². The minimum absolute atomic E-state index is 0.164. The number of nitrogens with zero attached hydrogens (tertiary/aromatic N) is 3. The molecule has 0 unspecified atom stereocenters. The third kappa shape index (κ3) is 4.99. The number of ether oxygens (including phenoxy) is 2. The van der Waals surface area contributed by atoms with Crippen molar-refractivity contribution in [3.63, 3.8) is 0 Å². The summed E-state index contributed by atoms with van der Waals surface area (Å²) in [6.07, 6.45) is 1.55. The quantitative estimate of drug-likeness (QED) is 0.344. The van der Waals surface area contributed by atoms with Crippen LogP contribution in [0.3, 0.4) is 0 Å². The van der Waals surface area contributed by atoms with Gasteiger partial charge in [0.15, 0.2) is 5.69 Å². The second kappa shape index (κ2) is 9.52. The first-order valence-electron chi connectivity index (χ1n) is 8.98. The standard InChI is InChI=1S/C21H23N5O3/c1-28-17-7-3-15(4-8-17)13-26(14-16-5-9-18(29-2)10-6-16)19-11-12-23-25-20(19)21(27)24-22/h3-12H,13-14,22H2,1-2H3,(H,24,27). The van der Waals surface area contributed by atoms with E-state index >= 15 is 0 Å². The Morgan fingerprint density at radius 1 is 0.931 bits per heavy atom. The molecule has 8 nitrogen and oxygen atoms in total. The number of methoxy groups -OCH3 is 2. The van der Waals surface area contributed by atoms with Crippen LogP contribution in [0.1, 0.15) is 21.6 Å². The highest BCUT2D eigenvalue weighted by atomic mass is 16.5. The number of nitrogen functional groups attached to an aromatic ring is 1. The van der Waals surface area contributed by atoms with Crippen molar-refractivity contribution in [2.24, 2.45) is 5.84 Å². The molecule has 3 rings (SSSR count). The molecule has 0 atom stereocenters. The number of hydrogen-bond acceptors (Lipinski definition) is 7. The first kappa shape index (κ1) is 20.1. The molecule has 1 heterocycles. The Hall–Kier alpha value is -3.65. The molecule has 2 aromatic carbocycles. The summed E-state index contributed by atoms with van der Waals surface area (Å²) >= 11 is 0. The summed E-state index contributed by atoms with van der Waals surface area (Å²) in [6, 6.07) is 17.3. The predicted octanol–water partition coefficient (Wildman–Crippen LogP) is 2.30. The minimum atomic E-state index is -0.498. The van der Waals surface area contributed by atoms with E-state index in [9.17, 15) is 4.79 Å². The van der Waals surface area contributed by atoms with Crippen LogP contribution < -0.4 is 25.6 Å². The highest BCUT2D eigenvalue weighted by Crippen LogP contribution is 2.24. The lowest BCUT2D eigenvalue weighted by Crippen LogP contribution is -2.33. The number of nitrogens with one attached hydrogen (secondary N) is 1. The fraction of sp³-hybridized carbons (Fsp3) is 0.190. The van der Waals surface area contributed by atoms with Gasteiger partial charge in [0.05, 0.1) is 26.1 Å². The fourth-order valence-corrected chi connectivity index (χ4v) is 2.94. The Morgan fingerprint density at radius 3 is 1.90 bits per heavy atom. The molecule has 0 bridgehead atoms. The van der Waals surface area contributed by atoms with E-state index < -0.39 is 5.91 Å². The second-order valence-corrected chi connectivity index (χ2v) is 6.29. The minimum Gasteiger partial charge on any atom is -0.497 e. The van der Waals surface area contributed by atoms with Gasteiger partial charge in [-0.2, -0.15) is 5.10 Å². The van der Waals surface area contributed by atoms with E-state index in [0.717, 1.165) is 22.6 Å². The van der Waals surface area contributed by atoms with E-state index in [1.807, 2.05) is 53.4 Å². The lowest BCUT2D eigenvalue weighted by Gasteiger charge is -2.26. The van der Waals surface area contributed by atoms with Gasteiger partial charge >= 0.3 is 0 Å². The fourth-order valence-electron chi connectivity index (χ4n) is 2.94. The monoisotopic (exact) mass is 393 g/mol. The van der Waals surface area contributed by atoms with Crippen molar-refractivity contribution in [3.8, 4) is 11.5 Å². The van der Waals surface area contributed by atoms with E-state index in [0.29, 0.717) is 18.8 Å². The normalized spacial score (nSPS) is 10.3. The van der Waals surface area contributed by atoms with Gasteiger partial charge < -0.3 is 14.4 Å². The second-order valence-electron chi connectivity index (χ2n) is 6.29. The molecule has 0 saturated heterocycles. The van der Waals surface area contributed by atoms with Crippen LogP contribution in [0.15, 0.2) is 60.8 Å². The molecule has 0 aliphatic carbocycles. The smallest absolute Gasteiger partial charge is 0.287 e. The number of hydrogen-bond donors (Lipinski definition) is 2. The molecule has 3 aromatic rings. The van der Waals surface area contributed by atoms with Crippen molar-refractivity contribution in [3.05, 3.63) is 77.6 Å². The number of amides is 1. The number of carbonyl (C=O) groups excluding carboxylic acids is 1. The number of carbonyl (C=O) groups is 1. The first-order chi connectivity index (χ1) is 14.1. The number of aromatic nitrogens is 2. The average molecular weight is 393 g/mol. The van der Waals surface area contributed by atoms with E-state index in [1.54, 1.807) is 26.5 Å². The zero-order valence-electron chi connectivity index (χ0n) is 16.3. The predicted molar refractivity (Wildman–Crippen MR) is 110 cm³/mol. The number of anilines is 1. The van der Waals surface area contributed by atoms with Crippen LogP contribution in [0.25, 0.3) is 0 Å². The molecule has 0 saturated carbocycles. The summed E-state index contributed by atoms with van der Waals surface area (Å²) in [5.74, 6) is 6.39. The van der Waals surface area contributed by atoms with Gasteiger partial charge in [0.1, 0.15) is 11.5 Å². The Labute approximate surface area is 169 Å². The molecule has 3 N–H and O–H groups in total. The SMILES string of the molecule is COc1ccc(CN(Cc2ccc(OC)cc2)c2ccnnc2C(=O)NN)cc1. The van der Waals surface area contributed by atoms with Gasteiger partial charge in [-0.05, 0) is 41.5 Å². The number of hydrazine groups is 1. The van der Waals surface area contributed by atoms with Crippen LogP contribution in [0, 0.1) is 0 Å². The van der Waals surface area contributed by atoms with Gasteiger partial charge in [0.25, 0.3) is 5.91 Å². The van der Waals surface area contributed by atoms with Crippen molar-refractivity contribution in [2.45, 2.75) is 13.1 Å². The molecule has 0 aliphatic rings. The molecule has 150 valence electrons. The van der Waals surface area contributed by atoms with Crippen LogP contribution in [0.2, 0.25) is 0 Å². The van der Waals surface area contributed by atoms with Crippen LogP contribution >= 0.6 is 0 Å². The largest absolute Gasteiger partial charge is 0.497 e. The Morgan fingerprint density at radius 2 is 1.45 bits per heavy atom. The molecule has 0 radical (unpaired) electrons. The lowest BCUT2D eigenvalue weighted by atomic mass is 10.1. The van der Waals surface area contributed by atoms with Gasteiger partial charge in [-0.25, -0.2) is 5.84 Å². The zero-order chi connectivity index (χ0) is 20.6. The van der Waals surface area contributed by atoms with E-state index in [4.69, 9.17) is 15.3 Å². The Bertz CT molecular complexity index is 896. The van der Waals surface area contributed by atoms with Crippen LogP contribution in [-0.2, 0) is 13.1 Å². The topological polar surface area (TPSA) is 103 Å². The molecule has 29 heavy (non-hydrogen) atoms. The third-order valence-electron chi connectivity index (χ3n) is 4.45. The number of nitrogens with two attached hydrogens (primary N) is 1. The first-order valence-corrected chi connectivity index (χ1v) is 8.98. The van der Waals surface area contributed by atoms with Crippen LogP contribution in [0.4, 0.5) is 5.69 Å². The maximum atomic E-state index is 12.2. The maximum Gasteiger partial charge on any atom is 0.287 e. The zero-order valence-corrected chi connectivity index (χ0v) is 16.3. The molecule has 0 fully saturated rings. The summed E-state index contributed by atoms with van der Waals surface area (Å²) in [4.78, 5) is 14.3. The molecule has 1 amide bonds. The molecular formula is C21H23N5O3. The van der Waals surface area contributed by atoms with Crippen molar-refractivity contribution in [1.82, 2.24) is 15.6 Å². The molecule has 8 heteroatoms. The Balaban J connectivity index is 1.95. The summed E-state index contributed by atoms with van der Waals surface area (Å²) in [7, 11) is 3.26. The van der Waals surface area contributed by atoms with Gasteiger partial charge in [-0.1, -0.05) is 24.3 Å². The highest BCUT2D eigenvalue weighted by Gasteiger charge is 2.19. The van der Waals surface area contributed by atoms with Gasteiger partial charge in [-0.3, -0.25) is 10.2 Å². The Kier molecular flexibility index (Phi) is 6.59. The van der Waals surface area contributed by atoms with E-state index in [2.05, 4.69) is 15.6 Å². The van der Waals surface area contributed by atoms with Crippen molar-refractivity contribution < 1.29 is 14.3 Å². The molecule has 0 spiro atoms. The average Bonchev–Trinajstić information content (AvgIpc) is 2.79. The van der Waals surface area contributed by atoms with Crippen LogP contribution in [0.5, 0.6) is 11.5 Å². The van der Waals surface area contributed by atoms with E-state index in [-0.39, 0.29) is 5.69 Å². The molecular weight excluding hydrogens is 370 g/mol. The summed E-state index contributed by atoms with van der Waals surface area (Å²) < 4.78 is 10.5. The van der Waals surface area contributed by atoms with Gasteiger partial charge in [0, 0.05) is 13.1 Å². The maximum absolute atomic E-state index is 12.2. The van der Waals surface area contributed by atoms with E-state index in [1.165, 1.54) is 0 Å². The molecule has 1 aromatic heterocycles. The molecule has 0 aliphatic heterocycles. The summed E-state index contributed by atoms with van der Waals surface area (Å²) in [5.41, 5.74) is 5.03. The van der Waals surface area contributed by atoms with Crippen molar-refractivity contribution >= 4 is 11.6 Å². The van der Waals surface area contributed by atoms with Crippen LogP contribution in [-0.4, -0.2) is 30.3 Å².